The summed E-state index contributed by atoms with van der Waals surface area (Å²) in [5, 5.41) is 5.82. The van der Waals surface area contributed by atoms with Gasteiger partial charge in [-0.05, 0) is 49.2 Å². The standard InChI is InChI=1S/C18H19FN2O2.ClH/c1-12(23-14-5-3-2-4-6-14)18(22)21-16-8-7-13-11-20-10-9-15(13)17(16)19;/h2-8,12,20H,9-11H2,1H3,(H,21,22);1H. The number of hydrogen-bond acceptors (Lipinski definition) is 3. The summed E-state index contributed by atoms with van der Waals surface area (Å²) in [7, 11) is 0. The van der Waals surface area contributed by atoms with Gasteiger partial charge in [0.25, 0.3) is 5.91 Å². The highest BCUT2D eigenvalue weighted by Gasteiger charge is 2.20. The molecule has 0 spiro atoms. The third-order valence-electron chi connectivity index (χ3n) is 3.89. The molecule has 0 saturated heterocycles. The molecule has 0 aromatic heterocycles. The lowest BCUT2D eigenvalue weighted by molar-refractivity contribution is -0.122. The summed E-state index contributed by atoms with van der Waals surface area (Å²) in [6, 6.07) is 12.5. The zero-order valence-electron chi connectivity index (χ0n) is 13.3. The molecule has 1 atom stereocenters. The Kier molecular flexibility index (Phi) is 6.17. The first kappa shape index (κ1) is 18.2. The first-order valence-corrected chi connectivity index (χ1v) is 7.68. The van der Waals surface area contributed by atoms with Crippen LogP contribution >= 0.6 is 12.4 Å². The lowest BCUT2D eigenvalue weighted by Gasteiger charge is -2.20. The van der Waals surface area contributed by atoms with Crippen molar-refractivity contribution in [3.05, 3.63) is 59.4 Å². The van der Waals surface area contributed by atoms with Gasteiger partial charge in [0.15, 0.2) is 6.10 Å². The van der Waals surface area contributed by atoms with E-state index in [1.54, 1.807) is 25.1 Å². The summed E-state index contributed by atoms with van der Waals surface area (Å²) in [6.07, 6.45) is -0.0875. The summed E-state index contributed by atoms with van der Waals surface area (Å²) in [5.41, 5.74) is 1.83. The quantitative estimate of drug-likeness (QED) is 0.889. The molecule has 1 heterocycles. The van der Waals surface area contributed by atoms with Crippen molar-refractivity contribution in [1.82, 2.24) is 5.32 Å². The summed E-state index contributed by atoms with van der Waals surface area (Å²) < 4.78 is 20.1. The van der Waals surface area contributed by atoms with Gasteiger partial charge >= 0.3 is 0 Å². The number of rotatable bonds is 4. The molecule has 2 aromatic carbocycles. The molecule has 1 aliphatic rings. The summed E-state index contributed by atoms with van der Waals surface area (Å²) >= 11 is 0. The van der Waals surface area contributed by atoms with Gasteiger partial charge in [0.2, 0.25) is 0 Å². The number of carbonyl (C=O) groups is 1. The lowest BCUT2D eigenvalue weighted by atomic mass is 9.99. The first-order chi connectivity index (χ1) is 11.1. The molecule has 0 radical (unpaired) electrons. The SMILES string of the molecule is CC(Oc1ccccc1)C(=O)Nc1ccc2c(c1F)CCNC2.Cl. The Hall–Kier alpha value is -2.11. The van der Waals surface area contributed by atoms with Crippen LogP contribution in [0, 0.1) is 5.82 Å². The lowest BCUT2D eigenvalue weighted by Crippen LogP contribution is -2.31. The Morgan fingerprint density at radius 3 is 2.75 bits per heavy atom. The van der Waals surface area contributed by atoms with E-state index in [0.717, 1.165) is 12.1 Å². The summed E-state index contributed by atoms with van der Waals surface area (Å²) in [6.45, 7) is 3.05. The molecule has 128 valence electrons. The molecule has 0 bridgehead atoms. The van der Waals surface area contributed by atoms with Crippen molar-refractivity contribution in [2.45, 2.75) is 26.0 Å². The topological polar surface area (TPSA) is 50.4 Å². The second-order valence-corrected chi connectivity index (χ2v) is 5.55. The van der Waals surface area contributed by atoms with Crippen LogP contribution in [0.1, 0.15) is 18.1 Å². The number of hydrogen-bond donors (Lipinski definition) is 2. The van der Waals surface area contributed by atoms with Gasteiger partial charge in [-0.15, -0.1) is 12.4 Å². The van der Waals surface area contributed by atoms with Gasteiger partial charge < -0.3 is 15.4 Å². The first-order valence-electron chi connectivity index (χ1n) is 7.68. The zero-order valence-corrected chi connectivity index (χ0v) is 14.2. The smallest absolute Gasteiger partial charge is 0.265 e. The maximum atomic E-state index is 14.5. The fourth-order valence-corrected chi connectivity index (χ4v) is 2.62. The molecule has 2 aromatic rings. The number of para-hydroxylation sites is 1. The van der Waals surface area contributed by atoms with Gasteiger partial charge in [0.1, 0.15) is 11.6 Å². The summed E-state index contributed by atoms with van der Waals surface area (Å²) in [4.78, 5) is 12.2. The maximum absolute atomic E-state index is 14.5. The number of carbonyl (C=O) groups excluding carboxylic acids is 1. The monoisotopic (exact) mass is 350 g/mol. The minimum Gasteiger partial charge on any atom is -0.481 e. The van der Waals surface area contributed by atoms with E-state index in [1.807, 2.05) is 24.3 Å². The van der Waals surface area contributed by atoms with Crippen LogP contribution in [-0.4, -0.2) is 18.6 Å². The average molecular weight is 351 g/mol. The summed E-state index contributed by atoms with van der Waals surface area (Å²) in [5.74, 6) is -0.113. The molecule has 0 saturated carbocycles. The van der Waals surface area contributed by atoms with E-state index >= 15 is 0 Å². The normalized spacial score (nSPS) is 14.1. The number of ether oxygens (including phenoxy) is 1. The van der Waals surface area contributed by atoms with E-state index in [4.69, 9.17) is 4.74 Å². The number of anilines is 1. The predicted octanol–water partition coefficient (Wildman–Crippen LogP) is 3.30. The van der Waals surface area contributed by atoms with Crippen LogP contribution in [0.25, 0.3) is 0 Å². The van der Waals surface area contributed by atoms with E-state index in [0.29, 0.717) is 24.3 Å². The highest BCUT2D eigenvalue weighted by atomic mass is 35.5. The van der Waals surface area contributed by atoms with E-state index in [2.05, 4.69) is 10.6 Å². The number of nitrogens with one attached hydrogen (secondary N) is 2. The molecule has 1 aliphatic heterocycles. The van der Waals surface area contributed by atoms with Crippen LogP contribution in [-0.2, 0) is 17.8 Å². The molecular formula is C18H20ClFN2O2. The molecule has 2 N–H and O–H groups in total. The van der Waals surface area contributed by atoms with Crippen molar-refractivity contribution in [1.29, 1.82) is 0 Å². The molecule has 4 nitrogen and oxygen atoms in total. The highest BCUT2D eigenvalue weighted by molar-refractivity contribution is 5.94. The zero-order chi connectivity index (χ0) is 16.2. The Labute approximate surface area is 146 Å². The van der Waals surface area contributed by atoms with Crippen molar-refractivity contribution < 1.29 is 13.9 Å². The Balaban J connectivity index is 0.00000208. The van der Waals surface area contributed by atoms with Gasteiger partial charge in [0, 0.05) is 6.54 Å². The van der Waals surface area contributed by atoms with E-state index in [-0.39, 0.29) is 29.8 Å². The minimum atomic E-state index is -0.713. The van der Waals surface area contributed by atoms with E-state index in [9.17, 15) is 9.18 Å². The molecule has 3 rings (SSSR count). The fraction of sp³-hybridized carbons (Fsp3) is 0.278. The van der Waals surface area contributed by atoms with Crippen LogP contribution in [0.5, 0.6) is 5.75 Å². The van der Waals surface area contributed by atoms with Gasteiger partial charge in [-0.2, -0.15) is 0 Å². The van der Waals surface area contributed by atoms with Crippen LogP contribution in [0.15, 0.2) is 42.5 Å². The number of fused-ring (bicyclic) bond motifs is 1. The van der Waals surface area contributed by atoms with Crippen molar-refractivity contribution in [3.63, 3.8) is 0 Å². The number of benzene rings is 2. The third kappa shape index (κ3) is 4.04. The van der Waals surface area contributed by atoms with Crippen LogP contribution in [0.3, 0.4) is 0 Å². The molecular weight excluding hydrogens is 331 g/mol. The highest BCUT2D eigenvalue weighted by Crippen LogP contribution is 2.24. The molecule has 1 unspecified atom stereocenters. The molecule has 0 aliphatic carbocycles. The molecule has 1 amide bonds. The van der Waals surface area contributed by atoms with Gasteiger partial charge in [-0.1, -0.05) is 24.3 Å². The molecule has 0 fully saturated rings. The van der Waals surface area contributed by atoms with E-state index in [1.165, 1.54) is 0 Å². The minimum absolute atomic E-state index is 0. The van der Waals surface area contributed by atoms with E-state index < -0.39 is 6.10 Å². The average Bonchev–Trinajstić information content (AvgIpc) is 2.58. The maximum Gasteiger partial charge on any atom is 0.265 e. The predicted molar refractivity (Wildman–Crippen MR) is 94.2 cm³/mol. The Morgan fingerprint density at radius 1 is 1.25 bits per heavy atom. The van der Waals surface area contributed by atoms with Crippen LogP contribution in [0.2, 0.25) is 0 Å². The van der Waals surface area contributed by atoms with Gasteiger partial charge in [-0.25, -0.2) is 4.39 Å². The number of amides is 1. The molecule has 6 heteroatoms. The second kappa shape index (κ2) is 8.13. The largest absolute Gasteiger partial charge is 0.481 e. The molecule has 24 heavy (non-hydrogen) atoms. The third-order valence-corrected chi connectivity index (χ3v) is 3.89. The Bertz CT molecular complexity index is 710. The van der Waals surface area contributed by atoms with Crippen molar-refractivity contribution in [2.24, 2.45) is 0 Å². The fourth-order valence-electron chi connectivity index (χ4n) is 2.62. The number of halogens is 2. The van der Waals surface area contributed by atoms with Crippen molar-refractivity contribution >= 4 is 24.0 Å². The Morgan fingerprint density at radius 2 is 2.00 bits per heavy atom. The van der Waals surface area contributed by atoms with Crippen LogP contribution < -0.4 is 15.4 Å². The van der Waals surface area contributed by atoms with Gasteiger partial charge in [0.05, 0.1) is 5.69 Å². The van der Waals surface area contributed by atoms with Crippen molar-refractivity contribution in [3.8, 4) is 5.75 Å². The second-order valence-electron chi connectivity index (χ2n) is 5.55. The van der Waals surface area contributed by atoms with Crippen LogP contribution in [0.4, 0.5) is 10.1 Å². The van der Waals surface area contributed by atoms with Crippen molar-refractivity contribution in [2.75, 3.05) is 11.9 Å². The van der Waals surface area contributed by atoms with Gasteiger partial charge in [-0.3, -0.25) is 4.79 Å².